The Kier molecular flexibility index (Phi) is 5.52. The fourth-order valence-corrected chi connectivity index (χ4v) is 4.35. The van der Waals surface area contributed by atoms with E-state index >= 15 is 0 Å². The number of carbonyl (C=O) groups excluding carboxylic acids is 3. The van der Waals surface area contributed by atoms with E-state index in [1.165, 1.54) is 0 Å². The SMILES string of the molecule is CC1CC(C)(C)CC2(C1)NC(=O)N(CC(=O)NCCCCN)C2=O. The summed E-state index contributed by atoms with van der Waals surface area (Å²) in [6, 6.07) is -0.456. The second kappa shape index (κ2) is 7.09. The number of imide groups is 1. The van der Waals surface area contributed by atoms with Crippen LogP contribution in [0.4, 0.5) is 4.79 Å². The summed E-state index contributed by atoms with van der Waals surface area (Å²) in [5.74, 6) is -0.219. The number of nitrogens with two attached hydrogens (primary N) is 1. The molecule has 2 unspecified atom stereocenters. The van der Waals surface area contributed by atoms with Crippen LogP contribution in [0, 0.1) is 11.3 Å². The molecule has 7 nitrogen and oxygen atoms in total. The van der Waals surface area contributed by atoms with Gasteiger partial charge in [-0.2, -0.15) is 0 Å². The van der Waals surface area contributed by atoms with Gasteiger partial charge in [-0.15, -0.1) is 0 Å². The highest BCUT2D eigenvalue weighted by atomic mass is 16.2. The molecule has 1 spiro atoms. The van der Waals surface area contributed by atoms with Crippen LogP contribution in [0.25, 0.3) is 0 Å². The quantitative estimate of drug-likeness (QED) is 0.496. The fourth-order valence-electron chi connectivity index (χ4n) is 4.35. The first-order valence-electron chi connectivity index (χ1n) is 8.80. The average Bonchev–Trinajstić information content (AvgIpc) is 2.65. The molecule has 2 fully saturated rings. The number of nitrogens with zero attached hydrogens (tertiary/aromatic N) is 1. The van der Waals surface area contributed by atoms with Crippen molar-refractivity contribution in [2.24, 2.45) is 17.1 Å². The second-order valence-electron chi connectivity index (χ2n) is 8.10. The molecular weight excluding hydrogens is 308 g/mol. The molecule has 136 valence electrons. The normalized spacial score (nSPS) is 29.0. The van der Waals surface area contributed by atoms with E-state index in [2.05, 4.69) is 31.4 Å². The minimum atomic E-state index is -0.849. The number of amides is 4. The lowest BCUT2D eigenvalue weighted by Gasteiger charge is -2.43. The summed E-state index contributed by atoms with van der Waals surface area (Å²) in [5.41, 5.74) is 4.55. The first-order chi connectivity index (χ1) is 11.2. The number of hydrogen-bond acceptors (Lipinski definition) is 4. The third kappa shape index (κ3) is 4.06. The highest BCUT2D eigenvalue weighted by Crippen LogP contribution is 2.46. The molecule has 0 bridgehead atoms. The van der Waals surface area contributed by atoms with Gasteiger partial charge in [0.05, 0.1) is 0 Å². The summed E-state index contributed by atoms with van der Waals surface area (Å²) in [6.07, 6.45) is 3.90. The van der Waals surface area contributed by atoms with E-state index < -0.39 is 11.6 Å². The molecule has 2 atom stereocenters. The molecule has 1 heterocycles. The molecule has 4 amide bonds. The molecule has 0 aromatic heterocycles. The molecule has 0 radical (unpaired) electrons. The summed E-state index contributed by atoms with van der Waals surface area (Å²) in [7, 11) is 0. The topological polar surface area (TPSA) is 105 Å². The zero-order valence-corrected chi connectivity index (χ0v) is 15.0. The van der Waals surface area contributed by atoms with Crippen molar-refractivity contribution >= 4 is 17.8 Å². The minimum absolute atomic E-state index is 0.0128. The maximum absolute atomic E-state index is 12.9. The molecule has 0 aromatic carbocycles. The van der Waals surface area contributed by atoms with E-state index in [9.17, 15) is 14.4 Å². The second-order valence-corrected chi connectivity index (χ2v) is 8.10. The molecule has 2 rings (SSSR count). The van der Waals surface area contributed by atoms with Crippen LogP contribution in [0.5, 0.6) is 0 Å². The molecule has 1 aliphatic heterocycles. The van der Waals surface area contributed by atoms with E-state index in [0.29, 0.717) is 31.8 Å². The zero-order chi connectivity index (χ0) is 18.0. The largest absolute Gasteiger partial charge is 0.355 e. The Morgan fingerprint density at radius 2 is 2.04 bits per heavy atom. The predicted octanol–water partition coefficient (Wildman–Crippen LogP) is 0.978. The smallest absolute Gasteiger partial charge is 0.325 e. The van der Waals surface area contributed by atoms with Gasteiger partial charge >= 0.3 is 6.03 Å². The maximum atomic E-state index is 12.9. The lowest BCUT2D eigenvalue weighted by Crippen LogP contribution is -2.54. The van der Waals surface area contributed by atoms with Crippen LogP contribution < -0.4 is 16.4 Å². The highest BCUT2D eigenvalue weighted by molar-refractivity contribution is 6.09. The molecule has 1 saturated carbocycles. The van der Waals surface area contributed by atoms with Crippen LogP contribution in [-0.4, -0.2) is 47.9 Å². The Balaban J connectivity index is 2.00. The molecule has 24 heavy (non-hydrogen) atoms. The van der Waals surface area contributed by atoms with Crippen LogP contribution in [0.15, 0.2) is 0 Å². The van der Waals surface area contributed by atoms with Gasteiger partial charge < -0.3 is 16.4 Å². The first-order valence-corrected chi connectivity index (χ1v) is 8.80. The van der Waals surface area contributed by atoms with Crippen LogP contribution >= 0.6 is 0 Å². The van der Waals surface area contributed by atoms with Crippen LogP contribution in [0.2, 0.25) is 0 Å². The van der Waals surface area contributed by atoms with Crippen molar-refractivity contribution in [1.82, 2.24) is 15.5 Å². The standard InChI is InChI=1S/C17H30N4O3/c1-12-8-16(2,3)11-17(9-12)14(23)21(15(24)20-17)10-13(22)19-7-5-4-6-18/h12H,4-11,18H2,1-3H3,(H,19,22)(H,20,24). The van der Waals surface area contributed by atoms with Gasteiger partial charge in [-0.05, 0) is 50.0 Å². The number of hydrogen-bond donors (Lipinski definition) is 3. The summed E-state index contributed by atoms with van der Waals surface area (Å²) in [5, 5.41) is 5.61. The summed E-state index contributed by atoms with van der Waals surface area (Å²) >= 11 is 0. The summed E-state index contributed by atoms with van der Waals surface area (Å²) in [6.45, 7) is 7.22. The van der Waals surface area contributed by atoms with Crippen molar-refractivity contribution in [1.29, 1.82) is 0 Å². The number of rotatable bonds is 6. The van der Waals surface area contributed by atoms with Gasteiger partial charge in [0.1, 0.15) is 12.1 Å². The van der Waals surface area contributed by atoms with E-state index in [1.54, 1.807) is 0 Å². The molecule has 7 heteroatoms. The monoisotopic (exact) mass is 338 g/mol. The number of urea groups is 1. The Bertz CT molecular complexity index is 520. The van der Waals surface area contributed by atoms with Gasteiger partial charge in [0.25, 0.3) is 5.91 Å². The van der Waals surface area contributed by atoms with E-state index in [-0.39, 0.29) is 23.8 Å². The summed E-state index contributed by atoms with van der Waals surface area (Å²) < 4.78 is 0. The van der Waals surface area contributed by atoms with Crippen molar-refractivity contribution in [3.63, 3.8) is 0 Å². The zero-order valence-electron chi connectivity index (χ0n) is 15.0. The van der Waals surface area contributed by atoms with Gasteiger partial charge in [0.15, 0.2) is 0 Å². The third-order valence-corrected chi connectivity index (χ3v) is 4.88. The van der Waals surface area contributed by atoms with Crippen LogP contribution in [0.3, 0.4) is 0 Å². The number of unbranched alkanes of at least 4 members (excludes halogenated alkanes) is 1. The van der Waals surface area contributed by atoms with Gasteiger partial charge in [0.2, 0.25) is 5.91 Å². The van der Waals surface area contributed by atoms with Crippen molar-refractivity contribution in [2.45, 2.75) is 58.4 Å². The Morgan fingerprint density at radius 1 is 1.33 bits per heavy atom. The first kappa shape index (κ1) is 18.7. The van der Waals surface area contributed by atoms with Gasteiger partial charge in [-0.25, -0.2) is 4.79 Å². The van der Waals surface area contributed by atoms with Crippen molar-refractivity contribution in [3.8, 4) is 0 Å². The number of carbonyl (C=O) groups is 3. The minimum Gasteiger partial charge on any atom is -0.355 e. The molecule has 1 saturated heterocycles. The van der Waals surface area contributed by atoms with Crippen molar-refractivity contribution in [2.75, 3.05) is 19.6 Å². The Morgan fingerprint density at radius 3 is 2.67 bits per heavy atom. The van der Waals surface area contributed by atoms with Gasteiger partial charge in [-0.1, -0.05) is 20.8 Å². The lowest BCUT2D eigenvalue weighted by atomic mass is 9.64. The third-order valence-electron chi connectivity index (χ3n) is 4.88. The average molecular weight is 338 g/mol. The maximum Gasteiger partial charge on any atom is 0.325 e. The van der Waals surface area contributed by atoms with E-state index in [1.807, 2.05) is 0 Å². The Hall–Kier alpha value is -1.63. The van der Waals surface area contributed by atoms with Crippen molar-refractivity contribution in [3.05, 3.63) is 0 Å². The lowest BCUT2D eigenvalue weighted by molar-refractivity contribution is -0.137. The van der Waals surface area contributed by atoms with E-state index in [4.69, 9.17) is 5.73 Å². The summed E-state index contributed by atoms with van der Waals surface area (Å²) in [4.78, 5) is 38.2. The fraction of sp³-hybridized carbons (Fsp3) is 0.824. The molecular formula is C17H30N4O3. The Labute approximate surface area is 143 Å². The van der Waals surface area contributed by atoms with Gasteiger partial charge in [-0.3, -0.25) is 14.5 Å². The molecule has 1 aliphatic carbocycles. The molecule has 0 aromatic rings. The number of nitrogens with one attached hydrogen (secondary N) is 2. The molecule has 2 aliphatic rings. The van der Waals surface area contributed by atoms with Crippen molar-refractivity contribution < 1.29 is 14.4 Å². The van der Waals surface area contributed by atoms with Crippen LogP contribution in [-0.2, 0) is 9.59 Å². The van der Waals surface area contributed by atoms with Crippen LogP contribution in [0.1, 0.15) is 52.9 Å². The van der Waals surface area contributed by atoms with Gasteiger partial charge in [0, 0.05) is 6.54 Å². The highest BCUT2D eigenvalue weighted by Gasteiger charge is 2.56. The molecule has 4 N–H and O–H groups in total. The predicted molar refractivity (Wildman–Crippen MR) is 91.1 cm³/mol. The van der Waals surface area contributed by atoms with E-state index in [0.717, 1.165) is 24.2 Å².